The number of carbonyl (C=O) groups is 2. The van der Waals surface area contributed by atoms with Crippen molar-refractivity contribution in [3.05, 3.63) is 41.2 Å². The third-order valence-electron chi connectivity index (χ3n) is 2.88. The molecule has 1 aromatic heterocycles. The van der Waals surface area contributed by atoms with Crippen molar-refractivity contribution in [3.63, 3.8) is 0 Å². The monoisotopic (exact) mass is 276 g/mol. The number of rotatable bonds is 3. The second-order valence-corrected chi connectivity index (χ2v) is 4.71. The van der Waals surface area contributed by atoms with Crippen LogP contribution in [0.25, 0.3) is 10.8 Å². The maximum atomic E-state index is 12.1. The van der Waals surface area contributed by atoms with Crippen LogP contribution in [0.3, 0.4) is 0 Å². The van der Waals surface area contributed by atoms with Crippen LogP contribution in [-0.2, 0) is 4.79 Å². The summed E-state index contributed by atoms with van der Waals surface area (Å²) in [5.41, 5.74) is 0.233. The minimum Gasteiger partial charge on any atom is -0.341 e. The number of nitrogens with one attached hydrogen (secondary N) is 1. The summed E-state index contributed by atoms with van der Waals surface area (Å²) in [7, 11) is 0. The lowest BCUT2D eigenvalue weighted by atomic mass is 10.1. The molecule has 5 heteroatoms. The Hall–Kier alpha value is -1.94. The van der Waals surface area contributed by atoms with E-state index in [9.17, 15) is 9.59 Å². The van der Waals surface area contributed by atoms with E-state index in [4.69, 9.17) is 11.6 Å². The van der Waals surface area contributed by atoms with Gasteiger partial charge in [0.15, 0.2) is 5.78 Å². The molecule has 19 heavy (non-hydrogen) atoms. The predicted molar refractivity (Wildman–Crippen MR) is 74.4 cm³/mol. The second kappa shape index (κ2) is 5.36. The van der Waals surface area contributed by atoms with E-state index in [-0.39, 0.29) is 16.6 Å². The number of halogens is 1. The quantitative estimate of drug-likeness (QED) is 0.877. The minimum absolute atomic E-state index is 0.111. The van der Waals surface area contributed by atoms with Crippen LogP contribution in [0.2, 0.25) is 5.15 Å². The van der Waals surface area contributed by atoms with Crippen LogP contribution in [-0.4, -0.2) is 22.7 Å². The van der Waals surface area contributed by atoms with Gasteiger partial charge in [-0.25, -0.2) is 4.98 Å². The molecule has 0 aliphatic heterocycles. The fourth-order valence-electron chi connectivity index (χ4n) is 1.71. The number of pyridine rings is 1. The van der Waals surface area contributed by atoms with Crippen molar-refractivity contribution in [2.75, 3.05) is 0 Å². The number of fused-ring (bicyclic) bond motifs is 1. The zero-order valence-electron chi connectivity index (χ0n) is 10.6. The standard InChI is InChI=1S/C14H13ClN2O2/c1-8(9(2)18)16-14(19)13-11-6-4-3-5-10(11)7-12(15)17-13/h3-8H,1-2H3,(H,16,19)/t8-/m0/s1. The molecule has 0 aliphatic carbocycles. The van der Waals surface area contributed by atoms with Gasteiger partial charge in [0.1, 0.15) is 10.8 Å². The van der Waals surface area contributed by atoms with Crippen molar-refractivity contribution in [1.29, 1.82) is 0 Å². The molecule has 0 fully saturated rings. The summed E-state index contributed by atoms with van der Waals surface area (Å²) in [5.74, 6) is -0.513. The summed E-state index contributed by atoms with van der Waals surface area (Å²) >= 11 is 5.91. The molecule has 2 aromatic rings. The van der Waals surface area contributed by atoms with Gasteiger partial charge >= 0.3 is 0 Å². The lowest BCUT2D eigenvalue weighted by molar-refractivity contribution is -0.118. The number of aromatic nitrogens is 1. The second-order valence-electron chi connectivity index (χ2n) is 4.32. The molecule has 0 saturated carbocycles. The Morgan fingerprint density at radius 1 is 1.32 bits per heavy atom. The molecule has 0 bridgehead atoms. The first-order valence-electron chi connectivity index (χ1n) is 5.85. The van der Waals surface area contributed by atoms with Gasteiger partial charge in [-0.05, 0) is 25.3 Å². The number of nitrogens with zero attached hydrogens (tertiary/aromatic N) is 1. The Labute approximate surface area is 115 Å². The SMILES string of the molecule is CC(=O)[C@H](C)NC(=O)c1nc(Cl)cc2ccccc12. The normalized spacial score (nSPS) is 12.2. The molecule has 1 aromatic carbocycles. The van der Waals surface area contributed by atoms with Crippen LogP contribution in [0, 0.1) is 0 Å². The van der Waals surface area contributed by atoms with E-state index in [1.165, 1.54) is 6.92 Å². The number of benzene rings is 1. The van der Waals surface area contributed by atoms with Gasteiger partial charge in [0, 0.05) is 5.39 Å². The van der Waals surface area contributed by atoms with Crippen molar-refractivity contribution in [3.8, 4) is 0 Å². The van der Waals surface area contributed by atoms with Crippen molar-refractivity contribution in [2.45, 2.75) is 19.9 Å². The highest BCUT2D eigenvalue weighted by Crippen LogP contribution is 2.20. The largest absolute Gasteiger partial charge is 0.341 e. The summed E-state index contributed by atoms with van der Waals surface area (Å²) < 4.78 is 0. The fourth-order valence-corrected chi connectivity index (χ4v) is 1.91. The number of amides is 1. The summed E-state index contributed by atoms with van der Waals surface area (Å²) in [6, 6.07) is 8.48. The fraction of sp³-hybridized carbons (Fsp3) is 0.214. The molecule has 2 rings (SSSR count). The van der Waals surface area contributed by atoms with Gasteiger partial charge in [-0.15, -0.1) is 0 Å². The Kier molecular flexibility index (Phi) is 3.81. The van der Waals surface area contributed by atoms with Crippen LogP contribution in [0.5, 0.6) is 0 Å². The number of hydrogen-bond acceptors (Lipinski definition) is 3. The highest BCUT2D eigenvalue weighted by Gasteiger charge is 2.17. The summed E-state index contributed by atoms with van der Waals surface area (Å²) in [5, 5.41) is 4.40. The van der Waals surface area contributed by atoms with Crippen LogP contribution in [0.1, 0.15) is 24.3 Å². The smallest absolute Gasteiger partial charge is 0.271 e. The maximum Gasteiger partial charge on any atom is 0.271 e. The van der Waals surface area contributed by atoms with Gasteiger partial charge in [0.05, 0.1) is 6.04 Å². The highest BCUT2D eigenvalue weighted by molar-refractivity contribution is 6.30. The lowest BCUT2D eigenvalue weighted by Crippen LogP contribution is -2.37. The van der Waals surface area contributed by atoms with Crippen molar-refractivity contribution in [2.24, 2.45) is 0 Å². The van der Waals surface area contributed by atoms with Gasteiger partial charge in [0.2, 0.25) is 0 Å². The molecule has 0 saturated heterocycles. The van der Waals surface area contributed by atoms with Gasteiger partial charge in [-0.3, -0.25) is 9.59 Å². The molecule has 1 atom stereocenters. The van der Waals surface area contributed by atoms with Crippen molar-refractivity contribution < 1.29 is 9.59 Å². The maximum absolute atomic E-state index is 12.1. The molecule has 4 nitrogen and oxygen atoms in total. The first kappa shape index (κ1) is 13.5. The van der Waals surface area contributed by atoms with E-state index in [0.717, 1.165) is 5.39 Å². The third-order valence-corrected chi connectivity index (χ3v) is 3.08. The average molecular weight is 277 g/mol. The summed E-state index contributed by atoms with van der Waals surface area (Å²) in [4.78, 5) is 27.4. The Morgan fingerprint density at radius 2 is 2.00 bits per heavy atom. The molecule has 1 amide bonds. The molecular weight excluding hydrogens is 264 g/mol. The third kappa shape index (κ3) is 2.90. The van der Waals surface area contributed by atoms with Crippen LogP contribution in [0.4, 0.5) is 0 Å². The number of Topliss-reactive ketones (excluding diaryl/α,β-unsaturated/α-hetero) is 1. The van der Waals surface area contributed by atoms with E-state index in [2.05, 4.69) is 10.3 Å². The molecule has 0 unspecified atom stereocenters. The molecule has 0 aliphatic rings. The van der Waals surface area contributed by atoms with E-state index in [1.54, 1.807) is 19.1 Å². The van der Waals surface area contributed by atoms with Gasteiger partial charge in [-0.1, -0.05) is 35.9 Å². The molecular formula is C14H13ClN2O2. The number of hydrogen-bond donors (Lipinski definition) is 1. The molecule has 0 spiro atoms. The van der Waals surface area contributed by atoms with Gasteiger partial charge in [-0.2, -0.15) is 0 Å². The van der Waals surface area contributed by atoms with E-state index < -0.39 is 11.9 Å². The van der Waals surface area contributed by atoms with Gasteiger partial charge < -0.3 is 5.32 Å². The molecule has 98 valence electrons. The zero-order chi connectivity index (χ0) is 14.0. The average Bonchev–Trinajstić information content (AvgIpc) is 2.37. The van der Waals surface area contributed by atoms with E-state index in [0.29, 0.717) is 5.39 Å². The Morgan fingerprint density at radius 3 is 2.68 bits per heavy atom. The first-order valence-corrected chi connectivity index (χ1v) is 6.23. The molecule has 1 N–H and O–H groups in total. The first-order chi connectivity index (χ1) is 8.99. The van der Waals surface area contributed by atoms with Crippen LogP contribution >= 0.6 is 11.6 Å². The van der Waals surface area contributed by atoms with E-state index in [1.807, 2.05) is 18.2 Å². The van der Waals surface area contributed by atoms with Gasteiger partial charge in [0.25, 0.3) is 5.91 Å². The van der Waals surface area contributed by atoms with E-state index >= 15 is 0 Å². The summed E-state index contributed by atoms with van der Waals surface area (Å²) in [6.07, 6.45) is 0. The van der Waals surface area contributed by atoms with Crippen molar-refractivity contribution in [1.82, 2.24) is 10.3 Å². The predicted octanol–water partition coefficient (Wildman–Crippen LogP) is 2.60. The molecule has 1 heterocycles. The Balaban J connectivity index is 2.44. The minimum atomic E-state index is -0.549. The van der Waals surface area contributed by atoms with Crippen LogP contribution < -0.4 is 5.32 Å². The van der Waals surface area contributed by atoms with Crippen molar-refractivity contribution >= 4 is 34.1 Å². The number of ketones is 1. The summed E-state index contributed by atoms with van der Waals surface area (Å²) in [6.45, 7) is 3.06. The van der Waals surface area contributed by atoms with Crippen LogP contribution in [0.15, 0.2) is 30.3 Å². The molecule has 0 radical (unpaired) electrons. The zero-order valence-corrected chi connectivity index (χ0v) is 11.4. The lowest BCUT2D eigenvalue weighted by Gasteiger charge is -2.11. The Bertz CT molecular complexity index is 655. The topological polar surface area (TPSA) is 59.1 Å². The number of carbonyl (C=O) groups excluding carboxylic acids is 2. The highest BCUT2D eigenvalue weighted by atomic mass is 35.5.